The van der Waals surface area contributed by atoms with Gasteiger partial charge < -0.3 is 15.2 Å². The average molecular weight is 275 g/mol. The molecule has 0 amide bonds. The lowest BCUT2D eigenvalue weighted by atomic mass is 9.74. The lowest BCUT2D eigenvalue weighted by Gasteiger charge is -2.33. The molecule has 0 bridgehead atoms. The fraction of sp³-hybridized carbons (Fsp3) is 0.562. The van der Waals surface area contributed by atoms with E-state index in [-0.39, 0.29) is 0 Å². The van der Waals surface area contributed by atoms with Crippen molar-refractivity contribution in [3.63, 3.8) is 0 Å². The first kappa shape index (κ1) is 13.4. The summed E-state index contributed by atoms with van der Waals surface area (Å²) in [5, 5.41) is 12.8. The maximum Gasteiger partial charge on any atom is 0.309 e. The highest BCUT2D eigenvalue weighted by atomic mass is 16.5. The summed E-state index contributed by atoms with van der Waals surface area (Å²) in [4.78, 5) is 11.6. The smallest absolute Gasteiger partial charge is 0.309 e. The Morgan fingerprint density at radius 2 is 2.15 bits per heavy atom. The molecule has 108 valence electrons. The zero-order chi connectivity index (χ0) is 14.0. The first-order valence-electron chi connectivity index (χ1n) is 7.38. The summed E-state index contributed by atoms with van der Waals surface area (Å²) in [5.74, 6) is 0.354. The third-order valence-corrected chi connectivity index (χ3v) is 4.66. The van der Waals surface area contributed by atoms with Gasteiger partial charge in [0.25, 0.3) is 0 Å². The van der Waals surface area contributed by atoms with Crippen molar-refractivity contribution in [2.45, 2.75) is 32.1 Å². The Balaban J connectivity index is 1.69. The molecule has 1 aromatic carbocycles. The summed E-state index contributed by atoms with van der Waals surface area (Å²) >= 11 is 0. The van der Waals surface area contributed by atoms with Crippen LogP contribution in [0.4, 0.5) is 0 Å². The van der Waals surface area contributed by atoms with Gasteiger partial charge in [-0.1, -0.05) is 12.1 Å². The third kappa shape index (κ3) is 2.52. The molecular weight excluding hydrogens is 254 g/mol. The van der Waals surface area contributed by atoms with Crippen molar-refractivity contribution in [3.05, 3.63) is 29.3 Å². The van der Waals surface area contributed by atoms with Gasteiger partial charge in [-0.05, 0) is 56.0 Å². The van der Waals surface area contributed by atoms with Gasteiger partial charge in [0.15, 0.2) is 0 Å². The maximum atomic E-state index is 11.6. The lowest BCUT2D eigenvalue weighted by Crippen LogP contribution is -2.42. The molecule has 2 aliphatic heterocycles. The minimum absolute atomic E-state index is 0.541. The van der Waals surface area contributed by atoms with Gasteiger partial charge in [0.1, 0.15) is 5.75 Å². The lowest BCUT2D eigenvalue weighted by molar-refractivity contribution is -0.151. The molecule has 0 saturated carbocycles. The van der Waals surface area contributed by atoms with Crippen LogP contribution in [0.5, 0.6) is 5.75 Å². The molecule has 4 heteroatoms. The van der Waals surface area contributed by atoms with E-state index in [9.17, 15) is 9.90 Å². The SMILES string of the molecule is O=C(O)C1(CCc2ccc3c(c2)CCO3)CCNCC1. The third-order valence-electron chi connectivity index (χ3n) is 4.66. The predicted molar refractivity (Wildman–Crippen MR) is 76.1 cm³/mol. The van der Waals surface area contributed by atoms with E-state index in [0.717, 1.165) is 57.6 Å². The largest absolute Gasteiger partial charge is 0.493 e. The van der Waals surface area contributed by atoms with E-state index in [1.807, 2.05) is 6.07 Å². The number of hydrogen-bond donors (Lipinski definition) is 2. The Labute approximate surface area is 119 Å². The molecule has 0 atom stereocenters. The molecule has 2 heterocycles. The number of carboxylic acids is 1. The van der Waals surface area contributed by atoms with Crippen molar-refractivity contribution in [2.24, 2.45) is 5.41 Å². The molecule has 2 aliphatic rings. The number of piperidine rings is 1. The standard InChI is InChI=1S/C16H21NO3/c18-15(19)16(6-8-17-9-7-16)5-3-12-1-2-14-13(11-12)4-10-20-14/h1-2,11,17H,3-10H2,(H,18,19). The van der Waals surface area contributed by atoms with E-state index in [4.69, 9.17) is 4.74 Å². The van der Waals surface area contributed by atoms with Gasteiger partial charge in [0, 0.05) is 6.42 Å². The summed E-state index contributed by atoms with van der Waals surface area (Å²) in [6.07, 6.45) is 3.99. The summed E-state index contributed by atoms with van der Waals surface area (Å²) < 4.78 is 5.50. The van der Waals surface area contributed by atoms with Crippen LogP contribution in [0.15, 0.2) is 18.2 Å². The van der Waals surface area contributed by atoms with E-state index in [2.05, 4.69) is 17.4 Å². The molecule has 0 unspecified atom stereocenters. The number of rotatable bonds is 4. The number of aryl methyl sites for hydroxylation is 1. The summed E-state index contributed by atoms with van der Waals surface area (Å²) in [6.45, 7) is 2.39. The zero-order valence-corrected chi connectivity index (χ0v) is 11.7. The summed E-state index contributed by atoms with van der Waals surface area (Å²) in [5.41, 5.74) is 1.95. The topological polar surface area (TPSA) is 58.6 Å². The minimum Gasteiger partial charge on any atom is -0.493 e. The molecule has 0 radical (unpaired) electrons. The van der Waals surface area contributed by atoms with Crippen molar-refractivity contribution >= 4 is 5.97 Å². The predicted octanol–water partition coefficient (Wildman–Crippen LogP) is 2.01. The molecule has 1 saturated heterocycles. The fourth-order valence-electron chi connectivity index (χ4n) is 3.26. The van der Waals surface area contributed by atoms with Crippen molar-refractivity contribution in [3.8, 4) is 5.75 Å². The van der Waals surface area contributed by atoms with Gasteiger partial charge in [-0.15, -0.1) is 0 Å². The number of nitrogens with one attached hydrogen (secondary N) is 1. The van der Waals surface area contributed by atoms with Gasteiger partial charge in [-0.2, -0.15) is 0 Å². The number of ether oxygens (including phenoxy) is 1. The Morgan fingerprint density at radius 1 is 1.35 bits per heavy atom. The molecule has 2 N–H and O–H groups in total. The van der Waals surface area contributed by atoms with Crippen LogP contribution in [0.3, 0.4) is 0 Å². The van der Waals surface area contributed by atoms with E-state index >= 15 is 0 Å². The van der Waals surface area contributed by atoms with Crippen molar-refractivity contribution in [1.82, 2.24) is 5.32 Å². The molecule has 0 aromatic heterocycles. The van der Waals surface area contributed by atoms with E-state index in [0.29, 0.717) is 0 Å². The highest BCUT2D eigenvalue weighted by Crippen LogP contribution is 2.35. The van der Waals surface area contributed by atoms with Crippen LogP contribution >= 0.6 is 0 Å². The Hall–Kier alpha value is -1.55. The Kier molecular flexibility index (Phi) is 3.66. The maximum absolute atomic E-state index is 11.6. The van der Waals surface area contributed by atoms with Gasteiger partial charge in [0.05, 0.1) is 12.0 Å². The molecule has 4 nitrogen and oxygen atoms in total. The Bertz CT molecular complexity index is 506. The van der Waals surface area contributed by atoms with E-state index < -0.39 is 11.4 Å². The quantitative estimate of drug-likeness (QED) is 0.882. The van der Waals surface area contributed by atoms with Crippen LogP contribution in [0.2, 0.25) is 0 Å². The highest BCUT2D eigenvalue weighted by Gasteiger charge is 2.39. The van der Waals surface area contributed by atoms with Crippen molar-refractivity contribution in [2.75, 3.05) is 19.7 Å². The number of carboxylic acid groups (broad SMARTS) is 1. The molecule has 3 rings (SSSR count). The van der Waals surface area contributed by atoms with Gasteiger partial charge in [-0.25, -0.2) is 0 Å². The van der Waals surface area contributed by atoms with E-state index in [1.54, 1.807) is 0 Å². The molecule has 0 aliphatic carbocycles. The first-order chi connectivity index (χ1) is 9.70. The fourth-order valence-corrected chi connectivity index (χ4v) is 3.26. The second kappa shape index (κ2) is 5.44. The van der Waals surface area contributed by atoms with Gasteiger partial charge in [-0.3, -0.25) is 4.79 Å². The zero-order valence-electron chi connectivity index (χ0n) is 11.7. The van der Waals surface area contributed by atoms with Gasteiger partial charge in [0.2, 0.25) is 0 Å². The van der Waals surface area contributed by atoms with Crippen LogP contribution < -0.4 is 10.1 Å². The average Bonchev–Trinajstić information content (AvgIpc) is 2.93. The second-order valence-corrected chi connectivity index (χ2v) is 5.88. The second-order valence-electron chi connectivity index (χ2n) is 5.88. The normalized spacial score (nSPS) is 20.2. The molecular formula is C16H21NO3. The van der Waals surface area contributed by atoms with Crippen LogP contribution in [0.1, 0.15) is 30.4 Å². The number of fused-ring (bicyclic) bond motifs is 1. The van der Waals surface area contributed by atoms with Crippen molar-refractivity contribution < 1.29 is 14.6 Å². The van der Waals surface area contributed by atoms with Gasteiger partial charge >= 0.3 is 5.97 Å². The molecule has 1 aromatic rings. The molecule has 1 fully saturated rings. The number of hydrogen-bond acceptors (Lipinski definition) is 3. The minimum atomic E-state index is -0.636. The van der Waals surface area contributed by atoms with Crippen LogP contribution in [-0.4, -0.2) is 30.8 Å². The summed E-state index contributed by atoms with van der Waals surface area (Å²) in [7, 11) is 0. The van der Waals surface area contributed by atoms with Crippen molar-refractivity contribution in [1.29, 1.82) is 0 Å². The number of aliphatic carboxylic acids is 1. The van der Waals surface area contributed by atoms with Crippen LogP contribution in [-0.2, 0) is 17.6 Å². The van der Waals surface area contributed by atoms with Crippen LogP contribution in [0, 0.1) is 5.41 Å². The molecule has 20 heavy (non-hydrogen) atoms. The van der Waals surface area contributed by atoms with E-state index in [1.165, 1.54) is 11.1 Å². The first-order valence-corrected chi connectivity index (χ1v) is 7.38. The summed E-state index contributed by atoms with van der Waals surface area (Å²) in [6, 6.07) is 6.27. The molecule has 0 spiro atoms. The Morgan fingerprint density at radius 3 is 2.90 bits per heavy atom. The van der Waals surface area contributed by atoms with Crippen LogP contribution in [0.25, 0.3) is 0 Å². The number of benzene rings is 1. The highest BCUT2D eigenvalue weighted by molar-refractivity contribution is 5.74. The monoisotopic (exact) mass is 275 g/mol. The number of carbonyl (C=O) groups is 1.